The molecule has 2 aromatic rings. The number of carbonyl (C=O) groups excluding carboxylic acids is 1. The number of nitrogens with two attached hydrogens (primary N) is 1. The molecule has 138 valence electrons. The third kappa shape index (κ3) is 3.35. The predicted molar refractivity (Wildman–Crippen MR) is 102 cm³/mol. The molecular formula is C19H24ClN5O. The van der Waals surface area contributed by atoms with Gasteiger partial charge in [-0.05, 0) is 37.7 Å². The number of aromatic nitrogens is 3. The predicted octanol–water partition coefficient (Wildman–Crippen LogP) is 3.25. The molecule has 1 aliphatic heterocycles. The Hall–Kier alpha value is -1.92. The third-order valence-electron chi connectivity index (χ3n) is 5.46. The van der Waals surface area contributed by atoms with E-state index in [1.165, 1.54) is 5.69 Å². The molecule has 1 amide bonds. The van der Waals surface area contributed by atoms with E-state index in [2.05, 4.69) is 22.3 Å². The van der Waals surface area contributed by atoms with Crippen molar-refractivity contribution in [1.82, 2.24) is 14.8 Å². The molecule has 3 heterocycles. The van der Waals surface area contributed by atoms with Crippen LogP contribution in [0.2, 0.25) is 5.02 Å². The minimum absolute atomic E-state index is 0.00483. The van der Waals surface area contributed by atoms with E-state index in [-0.39, 0.29) is 17.9 Å². The van der Waals surface area contributed by atoms with Crippen LogP contribution in [0.3, 0.4) is 0 Å². The molecule has 0 radical (unpaired) electrons. The maximum absolute atomic E-state index is 12.6. The molecule has 6 nitrogen and oxygen atoms in total. The first-order chi connectivity index (χ1) is 12.5. The van der Waals surface area contributed by atoms with E-state index >= 15 is 0 Å². The van der Waals surface area contributed by atoms with E-state index in [1.807, 2.05) is 16.9 Å². The van der Waals surface area contributed by atoms with Crippen molar-refractivity contribution in [2.75, 3.05) is 5.32 Å². The number of pyridine rings is 1. The summed E-state index contributed by atoms with van der Waals surface area (Å²) in [6, 6.07) is 1.97. The van der Waals surface area contributed by atoms with Crippen LogP contribution >= 0.6 is 11.6 Å². The van der Waals surface area contributed by atoms with Crippen molar-refractivity contribution in [3.63, 3.8) is 0 Å². The van der Waals surface area contributed by atoms with Crippen molar-refractivity contribution in [2.45, 2.75) is 51.6 Å². The van der Waals surface area contributed by atoms with E-state index in [1.54, 1.807) is 6.20 Å². The summed E-state index contributed by atoms with van der Waals surface area (Å²) in [6.45, 7) is 3.15. The summed E-state index contributed by atoms with van der Waals surface area (Å²) in [5.74, 6) is 1.06. The average molecular weight is 374 g/mol. The lowest BCUT2D eigenvalue weighted by atomic mass is 9.85. The smallest absolute Gasteiger partial charge is 0.228 e. The first-order valence-corrected chi connectivity index (χ1v) is 9.66. The highest BCUT2D eigenvalue weighted by atomic mass is 35.5. The number of carbonyl (C=O) groups is 1. The van der Waals surface area contributed by atoms with E-state index in [0.29, 0.717) is 16.8 Å². The van der Waals surface area contributed by atoms with Gasteiger partial charge in [-0.15, -0.1) is 0 Å². The van der Waals surface area contributed by atoms with Gasteiger partial charge in [-0.1, -0.05) is 24.9 Å². The van der Waals surface area contributed by atoms with Crippen molar-refractivity contribution in [2.24, 2.45) is 17.6 Å². The summed E-state index contributed by atoms with van der Waals surface area (Å²) in [5, 5.41) is 7.99. The molecule has 2 aromatic heterocycles. The second-order valence-corrected chi connectivity index (χ2v) is 8.07. The lowest BCUT2D eigenvalue weighted by Crippen LogP contribution is -2.34. The molecule has 3 atom stereocenters. The van der Waals surface area contributed by atoms with Gasteiger partial charge in [0, 0.05) is 41.5 Å². The normalized spacial score (nSPS) is 25.1. The summed E-state index contributed by atoms with van der Waals surface area (Å²) in [5.41, 5.74) is 9.09. The van der Waals surface area contributed by atoms with Crippen molar-refractivity contribution in [3.8, 4) is 11.1 Å². The van der Waals surface area contributed by atoms with E-state index in [0.717, 1.165) is 49.8 Å². The monoisotopic (exact) mass is 373 g/mol. The Labute approximate surface area is 158 Å². The fourth-order valence-electron chi connectivity index (χ4n) is 4.11. The number of fused-ring (bicyclic) bond motifs is 1. The molecule has 3 N–H and O–H groups in total. The first-order valence-electron chi connectivity index (χ1n) is 9.28. The number of hydrogen-bond donors (Lipinski definition) is 2. The quantitative estimate of drug-likeness (QED) is 0.864. The van der Waals surface area contributed by atoms with Gasteiger partial charge >= 0.3 is 0 Å². The van der Waals surface area contributed by atoms with Gasteiger partial charge in [-0.2, -0.15) is 5.10 Å². The van der Waals surface area contributed by atoms with Crippen LogP contribution in [0, 0.1) is 11.8 Å². The number of hydrogen-bond acceptors (Lipinski definition) is 4. The molecule has 26 heavy (non-hydrogen) atoms. The van der Waals surface area contributed by atoms with Crippen LogP contribution in [0.15, 0.2) is 18.5 Å². The van der Waals surface area contributed by atoms with Crippen molar-refractivity contribution in [1.29, 1.82) is 0 Å². The maximum atomic E-state index is 12.6. The lowest BCUT2D eigenvalue weighted by Gasteiger charge is -2.25. The van der Waals surface area contributed by atoms with Crippen LogP contribution < -0.4 is 11.1 Å². The molecule has 0 aromatic carbocycles. The lowest BCUT2D eigenvalue weighted by molar-refractivity contribution is -0.120. The minimum Gasteiger partial charge on any atom is -0.328 e. The molecular weight excluding hydrogens is 350 g/mol. The molecule has 0 saturated heterocycles. The highest BCUT2D eigenvalue weighted by Crippen LogP contribution is 2.35. The zero-order chi connectivity index (χ0) is 18.3. The fourth-order valence-corrected chi connectivity index (χ4v) is 4.31. The highest BCUT2D eigenvalue weighted by Gasteiger charge is 2.27. The van der Waals surface area contributed by atoms with Crippen LogP contribution in [-0.4, -0.2) is 26.7 Å². The second-order valence-electron chi connectivity index (χ2n) is 7.66. The summed E-state index contributed by atoms with van der Waals surface area (Å²) in [7, 11) is 0. The first kappa shape index (κ1) is 17.5. The van der Waals surface area contributed by atoms with Crippen LogP contribution in [0.5, 0.6) is 0 Å². The van der Waals surface area contributed by atoms with Crippen LogP contribution in [0.4, 0.5) is 5.82 Å². The summed E-state index contributed by atoms with van der Waals surface area (Å²) in [6.07, 6.45) is 8.05. The molecule has 4 rings (SSSR count). The molecule has 2 aliphatic rings. The van der Waals surface area contributed by atoms with E-state index in [4.69, 9.17) is 17.3 Å². The second kappa shape index (κ2) is 7.00. The van der Waals surface area contributed by atoms with Gasteiger partial charge in [-0.3, -0.25) is 9.48 Å². The SMILES string of the molecule is CC1Cc2c(-c3cc(NC(=O)[C@H]4CCC[C@@H](N)C4)ncc3Cl)cnn2C1. The van der Waals surface area contributed by atoms with Crippen LogP contribution in [-0.2, 0) is 17.8 Å². The van der Waals surface area contributed by atoms with Crippen molar-refractivity contribution >= 4 is 23.3 Å². The van der Waals surface area contributed by atoms with Gasteiger partial charge < -0.3 is 11.1 Å². The van der Waals surface area contributed by atoms with Gasteiger partial charge in [0.05, 0.1) is 11.2 Å². The molecule has 1 aliphatic carbocycles. The maximum Gasteiger partial charge on any atom is 0.228 e. The van der Waals surface area contributed by atoms with Gasteiger partial charge in [0.2, 0.25) is 5.91 Å². The molecule has 1 fully saturated rings. The number of nitrogens with one attached hydrogen (secondary N) is 1. The minimum atomic E-state index is -0.0408. The zero-order valence-electron chi connectivity index (χ0n) is 14.9. The van der Waals surface area contributed by atoms with Gasteiger partial charge in [0.15, 0.2) is 0 Å². The number of nitrogens with zero attached hydrogens (tertiary/aromatic N) is 3. The van der Waals surface area contributed by atoms with Crippen molar-refractivity contribution < 1.29 is 4.79 Å². The zero-order valence-corrected chi connectivity index (χ0v) is 15.7. The number of amides is 1. The van der Waals surface area contributed by atoms with Gasteiger partial charge in [0.1, 0.15) is 5.82 Å². The molecule has 0 bridgehead atoms. The molecule has 7 heteroatoms. The van der Waals surface area contributed by atoms with Crippen LogP contribution in [0.1, 0.15) is 38.3 Å². The Morgan fingerprint density at radius 2 is 2.19 bits per heavy atom. The van der Waals surface area contributed by atoms with E-state index in [9.17, 15) is 4.79 Å². The Morgan fingerprint density at radius 3 is 3.00 bits per heavy atom. The highest BCUT2D eigenvalue weighted by molar-refractivity contribution is 6.33. The Bertz CT molecular complexity index is 833. The summed E-state index contributed by atoms with van der Waals surface area (Å²) >= 11 is 6.40. The topological polar surface area (TPSA) is 85.8 Å². The molecule has 0 spiro atoms. The number of halogens is 1. The summed E-state index contributed by atoms with van der Waals surface area (Å²) < 4.78 is 2.04. The van der Waals surface area contributed by atoms with Crippen molar-refractivity contribution in [3.05, 3.63) is 29.2 Å². The van der Waals surface area contributed by atoms with Gasteiger partial charge in [-0.25, -0.2) is 4.98 Å². The number of rotatable bonds is 3. The van der Waals surface area contributed by atoms with Crippen LogP contribution in [0.25, 0.3) is 11.1 Å². The third-order valence-corrected chi connectivity index (χ3v) is 5.76. The standard InChI is InChI=1S/C19H24ClN5O/c1-11-5-17-15(8-23-25(17)10-11)14-7-18(22-9-16(14)20)24-19(26)12-3-2-4-13(21)6-12/h7-9,11-13H,2-6,10,21H2,1H3,(H,22,24,26)/t11?,12-,13+/m0/s1. The number of anilines is 1. The Morgan fingerprint density at radius 1 is 1.35 bits per heavy atom. The summed E-state index contributed by atoms with van der Waals surface area (Å²) in [4.78, 5) is 16.9. The Balaban J connectivity index is 1.56. The fraction of sp³-hybridized carbons (Fsp3) is 0.526. The van der Waals surface area contributed by atoms with Gasteiger partial charge in [0.25, 0.3) is 0 Å². The molecule has 1 unspecified atom stereocenters. The average Bonchev–Trinajstić information content (AvgIpc) is 3.15. The molecule has 1 saturated carbocycles. The van der Waals surface area contributed by atoms with E-state index < -0.39 is 0 Å². The largest absolute Gasteiger partial charge is 0.328 e. The Kier molecular flexibility index (Phi) is 4.71.